The van der Waals surface area contributed by atoms with Gasteiger partial charge in [0.1, 0.15) is 0 Å². The average molecular weight is 180 g/mol. The second-order valence-electron chi connectivity index (χ2n) is 2.85. The highest BCUT2D eigenvalue weighted by atomic mass is 16.5. The van der Waals surface area contributed by atoms with Crippen molar-refractivity contribution < 1.29 is 9.53 Å². The highest BCUT2D eigenvalue weighted by molar-refractivity contribution is 5.36. The summed E-state index contributed by atoms with van der Waals surface area (Å²) in [5.74, 6) is 0. The molecule has 2 heteroatoms. The average Bonchev–Trinajstić information content (AvgIpc) is 2.14. The molecule has 0 fully saturated rings. The van der Waals surface area contributed by atoms with Gasteiger partial charge in [0.2, 0.25) is 0 Å². The summed E-state index contributed by atoms with van der Waals surface area (Å²) in [6, 6.07) is 6.38. The largest absolute Gasteiger partial charge is 0.471 e. The molecule has 0 unspecified atom stereocenters. The lowest BCUT2D eigenvalue weighted by molar-refractivity contribution is -0.126. The summed E-state index contributed by atoms with van der Waals surface area (Å²) in [5.41, 5.74) is 4.18. The molecule has 0 amide bonds. The van der Waals surface area contributed by atoms with Crippen LogP contribution in [0.25, 0.3) is 0 Å². The first-order valence-corrected chi connectivity index (χ1v) is 4.12. The number of methoxy groups -OCH3 is 1. The molecule has 0 heterocycles. The Labute approximate surface area is 79.5 Å². The van der Waals surface area contributed by atoms with Crippen LogP contribution < -0.4 is 0 Å². The Morgan fingerprint density at radius 3 is 1.77 bits per heavy atom. The van der Waals surface area contributed by atoms with Crippen molar-refractivity contribution in [3.63, 3.8) is 0 Å². The van der Waals surface area contributed by atoms with Gasteiger partial charge in [0.25, 0.3) is 6.47 Å². The van der Waals surface area contributed by atoms with Gasteiger partial charge in [0, 0.05) is 0 Å². The monoisotopic (exact) mass is 180 g/mol. The zero-order chi connectivity index (χ0) is 10.3. The van der Waals surface area contributed by atoms with Crippen LogP contribution in [0.3, 0.4) is 0 Å². The smallest absolute Gasteiger partial charge is 0.292 e. The fourth-order valence-electron chi connectivity index (χ4n) is 0.898. The van der Waals surface area contributed by atoms with Gasteiger partial charge < -0.3 is 4.74 Å². The standard InChI is InChI=1S/C9H12.C2H4O2/c1-7-5-4-6-8(2)9(7)3;1-4-2-3/h4-6H,1-3H3;2H,1H3. The number of ether oxygens (including phenoxy) is 1. The van der Waals surface area contributed by atoms with Gasteiger partial charge in [-0.2, -0.15) is 0 Å². The molecular weight excluding hydrogens is 164 g/mol. The maximum absolute atomic E-state index is 8.95. The van der Waals surface area contributed by atoms with E-state index in [9.17, 15) is 0 Å². The first kappa shape index (κ1) is 11.7. The summed E-state index contributed by atoms with van der Waals surface area (Å²) >= 11 is 0. The molecule has 2 nitrogen and oxygen atoms in total. The van der Waals surface area contributed by atoms with Gasteiger partial charge in [-0.15, -0.1) is 0 Å². The number of aryl methyl sites for hydroxylation is 2. The van der Waals surface area contributed by atoms with Gasteiger partial charge in [-0.1, -0.05) is 18.2 Å². The second kappa shape index (κ2) is 6.23. The lowest BCUT2D eigenvalue weighted by atomic mass is 10.1. The Morgan fingerprint density at radius 2 is 1.54 bits per heavy atom. The van der Waals surface area contributed by atoms with Crippen molar-refractivity contribution in [1.29, 1.82) is 0 Å². The molecule has 72 valence electrons. The minimum Gasteiger partial charge on any atom is -0.471 e. The lowest BCUT2D eigenvalue weighted by Gasteiger charge is -2.00. The first-order valence-electron chi connectivity index (χ1n) is 4.12. The van der Waals surface area contributed by atoms with Crippen LogP contribution in [0.4, 0.5) is 0 Å². The molecule has 1 aromatic rings. The molecule has 0 N–H and O–H groups in total. The summed E-state index contributed by atoms with van der Waals surface area (Å²) in [5, 5.41) is 0. The molecule has 0 atom stereocenters. The van der Waals surface area contributed by atoms with Crippen LogP contribution in [0.2, 0.25) is 0 Å². The van der Waals surface area contributed by atoms with Crippen LogP contribution in [0.5, 0.6) is 0 Å². The summed E-state index contributed by atoms with van der Waals surface area (Å²) in [4.78, 5) is 8.95. The van der Waals surface area contributed by atoms with Gasteiger partial charge in [0.15, 0.2) is 0 Å². The molecule has 0 aliphatic heterocycles. The molecule has 0 aliphatic rings. The summed E-state index contributed by atoms with van der Waals surface area (Å²) in [7, 11) is 1.31. The Balaban J connectivity index is 0.000000310. The molecule has 0 saturated carbocycles. The molecule has 0 spiro atoms. The van der Waals surface area contributed by atoms with Gasteiger partial charge in [-0.05, 0) is 37.5 Å². The summed E-state index contributed by atoms with van der Waals surface area (Å²) < 4.78 is 3.86. The Morgan fingerprint density at radius 1 is 1.15 bits per heavy atom. The maximum Gasteiger partial charge on any atom is 0.292 e. The van der Waals surface area contributed by atoms with Crippen LogP contribution in [-0.2, 0) is 9.53 Å². The van der Waals surface area contributed by atoms with Crippen LogP contribution in [-0.4, -0.2) is 13.6 Å². The van der Waals surface area contributed by atoms with Crippen LogP contribution in [0, 0.1) is 20.8 Å². The predicted octanol–water partition coefficient (Wildman–Crippen LogP) is 2.40. The van der Waals surface area contributed by atoms with Gasteiger partial charge in [0.05, 0.1) is 7.11 Å². The van der Waals surface area contributed by atoms with E-state index in [0.29, 0.717) is 6.47 Å². The Bertz CT molecular complexity index is 247. The molecule has 1 rings (SSSR count). The van der Waals surface area contributed by atoms with E-state index in [0.717, 1.165) is 0 Å². The normalized spacial score (nSPS) is 8.31. The van der Waals surface area contributed by atoms with E-state index in [1.807, 2.05) is 0 Å². The van der Waals surface area contributed by atoms with E-state index < -0.39 is 0 Å². The molecule has 13 heavy (non-hydrogen) atoms. The first-order chi connectivity index (χ1) is 6.13. The number of carbonyl (C=O) groups excluding carboxylic acids is 1. The molecule has 0 aromatic heterocycles. The van der Waals surface area contributed by atoms with Crippen molar-refractivity contribution in [1.82, 2.24) is 0 Å². The topological polar surface area (TPSA) is 26.3 Å². The van der Waals surface area contributed by atoms with E-state index >= 15 is 0 Å². The van der Waals surface area contributed by atoms with Crippen molar-refractivity contribution in [2.45, 2.75) is 20.8 Å². The van der Waals surface area contributed by atoms with E-state index in [1.165, 1.54) is 23.8 Å². The van der Waals surface area contributed by atoms with Crippen molar-refractivity contribution in [3.05, 3.63) is 34.9 Å². The second-order valence-corrected chi connectivity index (χ2v) is 2.85. The highest BCUT2D eigenvalue weighted by Crippen LogP contribution is 2.09. The molecule has 0 bridgehead atoms. The fraction of sp³-hybridized carbons (Fsp3) is 0.364. The number of carbonyl (C=O) groups is 1. The quantitative estimate of drug-likeness (QED) is 0.620. The van der Waals surface area contributed by atoms with E-state index in [4.69, 9.17) is 4.79 Å². The van der Waals surface area contributed by atoms with Crippen molar-refractivity contribution in [3.8, 4) is 0 Å². The predicted molar refractivity (Wildman–Crippen MR) is 53.7 cm³/mol. The number of benzene rings is 1. The maximum atomic E-state index is 8.95. The van der Waals surface area contributed by atoms with Crippen molar-refractivity contribution in [2.24, 2.45) is 0 Å². The molecule has 1 aromatic carbocycles. The van der Waals surface area contributed by atoms with Crippen molar-refractivity contribution >= 4 is 6.47 Å². The summed E-state index contributed by atoms with van der Waals surface area (Å²) in [6.07, 6.45) is 0. The van der Waals surface area contributed by atoms with Gasteiger partial charge in [-0.25, -0.2) is 0 Å². The Kier molecular flexibility index (Phi) is 5.60. The van der Waals surface area contributed by atoms with E-state index in [-0.39, 0.29) is 0 Å². The molecule has 0 radical (unpaired) electrons. The fourth-order valence-corrected chi connectivity index (χ4v) is 0.898. The van der Waals surface area contributed by atoms with Crippen LogP contribution >= 0.6 is 0 Å². The zero-order valence-corrected chi connectivity index (χ0v) is 8.63. The SMILES string of the molecule is COC=O.Cc1cccc(C)c1C. The highest BCUT2D eigenvalue weighted by Gasteiger charge is 1.91. The minimum absolute atomic E-state index is 0.375. The number of rotatable bonds is 1. The number of hydrogen-bond donors (Lipinski definition) is 0. The van der Waals surface area contributed by atoms with Crippen LogP contribution in [0.15, 0.2) is 18.2 Å². The molecule has 0 aliphatic carbocycles. The van der Waals surface area contributed by atoms with Crippen LogP contribution in [0.1, 0.15) is 16.7 Å². The molecular formula is C11H16O2. The third-order valence-electron chi connectivity index (χ3n) is 1.97. The van der Waals surface area contributed by atoms with Crippen molar-refractivity contribution in [2.75, 3.05) is 7.11 Å². The zero-order valence-electron chi connectivity index (χ0n) is 8.63. The third kappa shape index (κ3) is 4.31. The number of hydrogen-bond acceptors (Lipinski definition) is 2. The van der Waals surface area contributed by atoms with E-state index in [1.54, 1.807) is 0 Å². The summed E-state index contributed by atoms with van der Waals surface area (Å²) in [6.45, 7) is 6.81. The van der Waals surface area contributed by atoms with E-state index in [2.05, 4.69) is 43.7 Å². The third-order valence-corrected chi connectivity index (χ3v) is 1.97. The molecule has 0 saturated heterocycles. The van der Waals surface area contributed by atoms with Gasteiger partial charge >= 0.3 is 0 Å². The van der Waals surface area contributed by atoms with Gasteiger partial charge in [-0.3, -0.25) is 4.79 Å². The Hall–Kier alpha value is -1.31. The lowest BCUT2D eigenvalue weighted by Crippen LogP contribution is -1.82. The minimum atomic E-state index is 0.375.